The quantitative estimate of drug-likeness (QED) is 0.703. The molecule has 0 aliphatic carbocycles. The van der Waals surface area contributed by atoms with Gasteiger partial charge in [0.2, 0.25) is 0 Å². The first-order valence-electron chi connectivity index (χ1n) is 5.59. The fourth-order valence-electron chi connectivity index (χ4n) is 1.70. The first kappa shape index (κ1) is 15.0. The zero-order valence-corrected chi connectivity index (χ0v) is 14.2. The summed E-state index contributed by atoms with van der Waals surface area (Å²) in [6.45, 7) is 1.31. The van der Waals surface area contributed by atoms with E-state index in [1.807, 2.05) is 22.8 Å². The number of nitrogens with zero attached hydrogens (tertiary/aromatic N) is 3. The highest BCUT2D eigenvalue weighted by atomic mass is 79.9. The lowest BCUT2D eigenvalue weighted by molar-refractivity contribution is 0.187. The van der Waals surface area contributed by atoms with Crippen molar-refractivity contribution in [1.82, 2.24) is 14.8 Å². The maximum atomic E-state index is 6.12. The molecule has 0 spiro atoms. The van der Waals surface area contributed by atoms with Crippen LogP contribution in [0.2, 0.25) is 5.02 Å². The maximum absolute atomic E-state index is 6.12. The SMILES string of the molecule is COCCn1c(CBr)nnc1-c1ccc(Br)c(Cl)c1. The van der Waals surface area contributed by atoms with E-state index in [9.17, 15) is 0 Å². The number of benzene rings is 1. The summed E-state index contributed by atoms with van der Waals surface area (Å²) in [5, 5.41) is 9.70. The van der Waals surface area contributed by atoms with Crippen LogP contribution in [0.3, 0.4) is 0 Å². The molecule has 0 aliphatic heterocycles. The molecule has 1 aromatic heterocycles. The first-order valence-corrected chi connectivity index (χ1v) is 7.89. The molecule has 0 bridgehead atoms. The van der Waals surface area contributed by atoms with E-state index >= 15 is 0 Å². The Morgan fingerprint density at radius 3 is 2.79 bits per heavy atom. The molecule has 0 N–H and O–H groups in total. The Morgan fingerprint density at radius 1 is 1.37 bits per heavy atom. The molecular formula is C12H12Br2ClN3O. The Morgan fingerprint density at radius 2 is 2.16 bits per heavy atom. The Kier molecular flexibility index (Phi) is 5.38. The molecule has 2 aromatic rings. The van der Waals surface area contributed by atoms with Crippen LogP contribution in [0.5, 0.6) is 0 Å². The van der Waals surface area contributed by atoms with Crippen molar-refractivity contribution < 1.29 is 4.74 Å². The largest absolute Gasteiger partial charge is 0.383 e. The molecule has 1 heterocycles. The second-order valence-corrected chi connectivity index (χ2v) is 5.67. The molecule has 0 radical (unpaired) electrons. The topological polar surface area (TPSA) is 39.9 Å². The Balaban J connectivity index is 2.42. The third-order valence-corrected chi connectivity index (χ3v) is 4.38. The number of aromatic nitrogens is 3. The average Bonchev–Trinajstić information content (AvgIpc) is 2.82. The smallest absolute Gasteiger partial charge is 0.164 e. The van der Waals surface area contributed by atoms with Crippen LogP contribution in [-0.2, 0) is 16.6 Å². The van der Waals surface area contributed by atoms with Gasteiger partial charge in [-0.1, -0.05) is 27.5 Å². The minimum Gasteiger partial charge on any atom is -0.383 e. The van der Waals surface area contributed by atoms with E-state index in [0.717, 1.165) is 21.7 Å². The standard InChI is InChI=1S/C12H12Br2ClN3O/c1-19-5-4-18-11(7-13)16-17-12(18)8-2-3-9(14)10(15)6-8/h2-3,6H,4-5,7H2,1H3. The Labute approximate surface area is 133 Å². The lowest BCUT2D eigenvalue weighted by Crippen LogP contribution is -2.09. The molecule has 0 atom stereocenters. The third-order valence-electron chi connectivity index (χ3n) is 2.64. The van der Waals surface area contributed by atoms with Gasteiger partial charge < -0.3 is 9.30 Å². The molecule has 1 aromatic carbocycles. The number of rotatable bonds is 5. The van der Waals surface area contributed by atoms with Crippen LogP contribution in [0, 0.1) is 0 Å². The zero-order valence-electron chi connectivity index (χ0n) is 10.2. The van der Waals surface area contributed by atoms with Crippen molar-refractivity contribution >= 4 is 43.5 Å². The number of hydrogen-bond acceptors (Lipinski definition) is 3. The van der Waals surface area contributed by atoms with Crippen molar-refractivity contribution in [3.8, 4) is 11.4 Å². The van der Waals surface area contributed by atoms with E-state index in [0.29, 0.717) is 23.5 Å². The molecule has 0 fully saturated rings. The lowest BCUT2D eigenvalue weighted by Gasteiger charge is -2.09. The van der Waals surface area contributed by atoms with Gasteiger partial charge in [0.25, 0.3) is 0 Å². The van der Waals surface area contributed by atoms with Gasteiger partial charge in [-0.3, -0.25) is 0 Å². The minimum atomic E-state index is 0.606. The first-order chi connectivity index (χ1) is 9.17. The molecule has 0 saturated carbocycles. The molecule has 19 heavy (non-hydrogen) atoms. The van der Waals surface area contributed by atoms with Crippen molar-refractivity contribution in [2.75, 3.05) is 13.7 Å². The van der Waals surface area contributed by atoms with Crippen LogP contribution in [0.15, 0.2) is 22.7 Å². The fourth-order valence-corrected chi connectivity index (χ4v) is 2.54. The van der Waals surface area contributed by atoms with Gasteiger partial charge in [-0.25, -0.2) is 0 Å². The molecule has 4 nitrogen and oxygen atoms in total. The summed E-state index contributed by atoms with van der Waals surface area (Å²) in [4.78, 5) is 0. The van der Waals surface area contributed by atoms with Crippen LogP contribution < -0.4 is 0 Å². The second kappa shape index (κ2) is 6.83. The summed E-state index contributed by atoms with van der Waals surface area (Å²) >= 11 is 12.9. The van der Waals surface area contributed by atoms with Crippen molar-refractivity contribution in [2.24, 2.45) is 0 Å². The second-order valence-electron chi connectivity index (χ2n) is 3.85. The van der Waals surface area contributed by atoms with Gasteiger partial charge >= 0.3 is 0 Å². The summed E-state index contributed by atoms with van der Waals surface area (Å²) in [7, 11) is 1.67. The predicted octanol–water partition coefficient (Wildman–Crippen LogP) is 3.90. The summed E-state index contributed by atoms with van der Waals surface area (Å²) in [6.07, 6.45) is 0. The van der Waals surface area contributed by atoms with E-state index in [1.54, 1.807) is 7.11 Å². The van der Waals surface area contributed by atoms with E-state index < -0.39 is 0 Å². The van der Waals surface area contributed by atoms with Gasteiger partial charge in [0.05, 0.1) is 17.0 Å². The van der Waals surface area contributed by atoms with Crippen LogP contribution in [-0.4, -0.2) is 28.5 Å². The average molecular weight is 410 g/mol. The molecule has 0 saturated heterocycles. The van der Waals surface area contributed by atoms with Gasteiger partial charge in [0.15, 0.2) is 5.82 Å². The number of ether oxygens (including phenoxy) is 1. The summed E-state index contributed by atoms with van der Waals surface area (Å²) in [6, 6.07) is 5.74. The van der Waals surface area contributed by atoms with Gasteiger partial charge in [-0.15, -0.1) is 10.2 Å². The van der Waals surface area contributed by atoms with Gasteiger partial charge in [-0.05, 0) is 34.1 Å². The number of hydrogen-bond donors (Lipinski definition) is 0. The normalized spacial score (nSPS) is 10.9. The third kappa shape index (κ3) is 3.37. The van der Waals surface area contributed by atoms with Gasteiger partial charge in [0.1, 0.15) is 5.82 Å². The molecule has 7 heteroatoms. The maximum Gasteiger partial charge on any atom is 0.164 e. The minimum absolute atomic E-state index is 0.606. The van der Waals surface area contributed by atoms with Crippen LogP contribution >= 0.6 is 43.5 Å². The van der Waals surface area contributed by atoms with Crippen molar-refractivity contribution in [1.29, 1.82) is 0 Å². The molecule has 0 unspecified atom stereocenters. The highest BCUT2D eigenvalue weighted by Crippen LogP contribution is 2.28. The lowest BCUT2D eigenvalue weighted by atomic mass is 10.2. The summed E-state index contributed by atoms with van der Waals surface area (Å²) < 4.78 is 8.01. The number of halogens is 3. The molecule has 0 amide bonds. The molecule has 0 aliphatic rings. The molecule has 102 valence electrons. The number of methoxy groups -OCH3 is 1. The van der Waals surface area contributed by atoms with Crippen molar-refractivity contribution in [3.05, 3.63) is 33.5 Å². The fraction of sp³-hybridized carbons (Fsp3) is 0.333. The van der Waals surface area contributed by atoms with Crippen LogP contribution in [0.4, 0.5) is 0 Å². The highest BCUT2D eigenvalue weighted by molar-refractivity contribution is 9.10. The Hall–Kier alpha value is -0.430. The van der Waals surface area contributed by atoms with E-state index in [-0.39, 0.29) is 0 Å². The monoisotopic (exact) mass is 407 g/mol. The van der Waals surface area contributed by atoms with E-state index in [2.05, 4.69) is 42.1 Å². The molecule has 2 rings (SSSR count). The Bertz CT molecular complexity index is 574. The van der Waals surface area contributed by atoms with E-state index in [1.165, 1.54) is 0 Å². The van der Waals surface area contributed by atoms with Crippen molar-refractivity contribution in [2.45, 2.75) is 11.9 Å². The van der Waals surface area contributed by atoms with Crippen LogP contribution in [0.1, 0.15) is 5.82 Å². The number of alkyl halides is 1. The van der Waals surface area contributed by atoms with Crippen LogP contribution in [0.25, 0.3) is 11.4 Å². The van der Waals surface area contributed by atoms with Gasteiger partial charge in [0, 0.05) is 23.7 Å². The zero-order chi connectivity index (χ0) is 13.8. The summed E-state index contributed by atoms with van der Waals surface area (Å²) in [5.41, 5.74) is 0.934. The van der Waals surface area contributed by atoms with E-state index in [4.69, 9.17) is 16.3 Å². The highest BCUT2D eigenvalue weighted by Gasteiger charge is 2.13. The van der Waals surface area contributed by atoms with Gasteiger partial charge in [-0.2, -0.15) is 0 Å². The predicted molar refractivity (Wildman–Crippen MR) is 82.7 cm³/mol. The molecular weight excluding hydrogens is 397 g/mol. The van der Waals surface area contributed by atoms with Crippen molar-refractivity contribution in [3.63, 3.8) is 0 Å². The summed E-state index contributed by atoms with van der Waals surface area (Å²) in [5.74, 6) is 1.66.